The second kappa shape index (κ2) is 3.05. The average Bonchev–Trinajstić information content (AvgIpc) is 2.59. The Morgan fingerprint density at radius 1 is 1.30 bits per heavy atom. The fourth-order valence-corrected chi connectivity index (χ4v) is 4.15. The second-order valence-corrected chi connectivity index (χ2v) is 5.17. The van der Waals surface area contributed by atoms with E-state index in [0.29, 0.717) is 0 Å². The van der Waals surface area contributed by atoms with Crippen molar-refractivity contribution in [2.75, 3.05) is 11.5 Å². The summed E-state index contributed by atoms with van der Waals surface area (Å²) in [5.74, 6) is 2.68. The Balaban J connectivity index is 1.99. The van der Waals surface area contributed by atoms with Crippen LogP contribution < -0.4 is 0 Å². The summed E-state index contributed by atoms with van der Waals surface area (Å²) < 4.78 is 0.787. The molecule has 0 saturated carbocycles. The molecule has 0 spiro atoms. The zero-order valence-electron chi connectivity index (χ0n) is 5.75. The molecule has 0 aromatic heterocycles. The van der Waals surface area contributed by atoms with Crippen molar-refractivity contribution in [3.05, 3.63) is 23.8 Å². The quantitative estimate of drug-likeness (QED) is 0.593. The third-order valence-corrected chi connectivity index (χ3v) is 4.89. The van der Waals surface area contributed by atoms with Crippen LogP contribution in [0.2, 0.25) is 0 Å². The van der Waals surface area contributed by atoms with Crippen LogP contribution in [0.15, 0.2) is 23.8 Å². The number of thioether (sulfide) groups is 2. The van der Waals surface area contributed by atoms with Crippen LogP contribution in [0.4, 0.5) is 0 Å². The van der Waals surface area contributed by atoms with E-state index < -0.39 is 0 Å². The molecule has 0 amide bonds. The van der Waals surface area contributed by atoms with Gasteiger partial charge in [-0.25, -0.2) is 0 Å². The molecule has 0 nitrogen and oxygen atoms in total. The van der Waals surface area contributed by atoms with E-state index in [-0.39, 0.29) is 0 Å². The molecular formula is C8H10S2. The first-order chi connectivity index (χ1) is 4.97. The van der Waals surface area contributed by atoms with Crippen molar-refractivity contribution < 1.29 is 0 Å². The summed E-state index contributed by atoms with van der Waals surface area (Å²) in [5.41, 5.74) is 1.62. The summed E-state index contributed by atoms with van der Waals surface area (Å²) in [7, 11) is 0. The van der Waals surface area contributed by atoms with Gasteiger partial charge in [0.2, 0.25) is 0 Å². The van der Waals surface area contributed by atoms with Crippen molar-refractivity contribution >= 4 is 23.5 Å². The van der Waals surface area contributed by atoms with E-state index in [1.165, 1.54) is 17.9 Å². The first kappa shape index (κ1) is 6.86. The van der Waals surface area contributed by atoms with Gasteiger partial charge in [0.15, 0.2) is 0 Å². The number of rotatable bonds is 1. The molecule has 0 unspecified atom stereocenters. The Morgan fingerprint density at radius 2 is 2.10 bits per heavy atom. The Morgan fingerprint density at radius 3 is 2.70 bits per heavy atom. The maximum absolute atomic E-state index is 2.27. The van der Waals surface area contributed by atoms with Gasteiger partial charge in [-0.1, -0.05) is 18.2 Å². The predicted octanol–water partition coefficient (Wildman–Crippen LogP) is 2.68. The van der Waals surface area contributed by atoms with Gasteiger partial charge >= 0.3 is 0 Å². The fraction of sp³-hybridized carbons (Fsp3) is 0.500. The average molecular weight is 170 g/mol. The molecule has 0 N–H and O–H groups in total. The zero-order chi connectivity index (χ0) is 6.81. The van der Waals surface area contributed by atoms with Crippen LogP contribution in [0, 0.1) is 0 Å². The molecule has 0 bridgehead atoms. The number of hydrogen-bond donors (Lipinski definition) is 0. The largest absolute Gasteiger partial charge is 0.142 e. The standard InChI is InChI=1S/C8H10S2/c1-2-4-7(3-1)8-9-5-6-10-8/h1-3,8H,4-6H2. The van der Waals surface area contributed by atoms with Crippen molar-refractivity contribution in [2.45, 2.75) is 11.0 Å². The van der Waals surface area contributed by atoms with Crippen LogP contribution in [-0.4, -0.2) is 16.1 Å². The van der Waals surface area contributed by atoms with Gasteiger partial charge in [-0.15, -0.1) is 23.5 Å². The number of allylic oxidation sites excluding steroid dienone is 3. The first-order valence-electron chi connectivity index (χ1n) is 3.55. The van der Waals surface area contributed by atoms with E-state index in [1.54, 1.807) is 5.57 Å². The molecule has 2 heteroatoms. The highest BCUT2D eigenvalue weighted by molar-refractivity contribution is 8.20. The molecule has 0 radical (unpaired) electrons. The van der Waals surface area contributed by atoms with Crippen LogP contribution in [0.25, 0.3) is 0 Å². The van der Waals surface area contributed by atoms with Crippen LogP contribution in [0.3, 0.4) is 0 Å². The molecule has 1 fully saturated rings. The third-order valence-electron chi connectivity index (χ3n) is 1.72. The summed E-state index contributed by atoms with van der Waals surface area (Å²) in [6, 6.07) is 0. The fourth-order valence-electron chi connectivity index (χ4n) is 1.21. The van der Waals surface area contributed by atoms with E-state index in [2.05, 4.69) is 41.8 Å². The lowest BCUT2D eigenvalue weighted by atomic mass is 10.3. The van der Waals surface area contributed by atoms with Gasteiger partial charge in [0.1, 0.15) is 0 Å². The predicted molar refractivity (Wildman–Crippen MR) is 50.5 cm³/mol. The Labute approximate surface area is 70.1 Å². The highest BCUT2D eigenvalue weighted by Gasteiger charge is 2.20. The minimum atomic E-state index is 0.787. The molecule has 1 saturated heterocycles. The summed E-state index contributed by atoms with van der Waals surface area (Å²) >= 11 is 4.19. The van der Waals surface area contributed by atoms with Crippen molar-refractivity contribution in [2.24, 2.45) is 0 Å². The minimum absolute atomic E-state index is 0.787. The van der Waals surface area contributed by atoms with Crippen molar-refractivity contribution in [3.63, 3.8) is 0 Å². The topological polar surface area (TPSA) is 0 Å². The normalized spacial score (nSPS) is 25.8. The van der Waals surface area contributed by atoms with E-state index >= 15 is 0 Å². The maximum atomic E-state index is 2.27. The van der Waals surface area contributed by atoms with Crippen LogP contribution >= 0.6 is 23.5 Å². The molecule has 54 valence electrons. The molecule has 1 heterocycles. The summed E-state index contributed by atoms with van der Waals surface area (Å²) in [4.78, 5) is 0. The highest BCUT2D eigenvalue weighted by atomic mass is 32.2. The molecule has 1 aliphatic heterocycles. The van der Waals surface area contributed by atoms with Gasteiger partial charge in [-0.3, -0.25) is 0 Å². The molecule has 1 aliphatic carbocycles. The molecular weight excluding hydrogens is 160 g/mol. The minimum Gasteiger partial charge on any atom is -0.142 e. The van der Waals surface area contributed by atoms with Crippen molar-refractivity contribution in [3.8, 4) is 0 Å². The van der Waals surface area contributed by atoms with Gasteiger partial charge in [0.05, 0.1) is 4.58 Å². The molecule has 0 atom stereocenters. The summed E-state index contributed by atoms with van der Waals surface area (Å²) in [5, 5.41) is 0. The maximum Gasteiger partial charge on any atom is 0.0718 e. The van der Waals surface area contributed by atoms with Crippen LogP contribution in [0.5, 0.6) is 0 Å². The monoisotopic (exact) mass is 170 g/mol. The van der Waals surface area contributed by atoms with Gasteiger partial charge in [0, 0.05) is 11.5 Å². The molecule has 2 rings (SSSR count). The van der Waals surface area contributed by atoms with Gasteiger partial charge in [-0.05, 0) is 12.0 Å². The van der Waals surface area contributed by atoms with E-state index in [4.69, 9.17) is 0 Å². The van der Waals surface area contributed by atoms with Crippen molar-refractivity contribution in [1.82, 2.24) is 0 Å². The van der Waals surface area contributed by atoms with Gasteiger partial charge < -0.3 is 0 Å². The lowest BCUT2D eigenvalue weighted by Crippen LogP contribution is -1.93. The summed E-state index contributed by atoms with van der Waals surface area (Å²) in [6.45, 7) is 0. The zero-order valence-corrected chi connectivity index (χ0v) is 7.38. The van der Waals surface area contributed by atoms with E-state index in [9.17, 15) is 0 Å². The second-order valence-electron chi connectivity index (χ2n) is 2.45. The molecule has 10 heavy (non-hydrogen) atoms. The van der Waals surface area contributed by atoms with Crippen LogP contribution in [-0.2, 0) is 0 Å². The Bertz CT molecular complexity index is 176. The lowest BCUT2D eigenvalue weighted by Gasteiger charge is -2.07. The van der Waals surface area contributed by atoms with E-state index in [1.807, 2.05) is 0 Å². The molecule has 2 aliphatic rings. The van der Waals surface area contributed by atoms with Crippen molar-refractivity contribution in [1.29, 1.82) is 0 Å². The summed E-state index contributed by atoms with van der Waals surface area (Å²) in [6.07, 6.45) is 7.89. The van der Waals surface area contributed by atoms with Gasteiger partial charge in [-0.2, -0.15) is 0 Å². The number of hydrogen-bond acceptors (Lipinski definition) is 2. The smallest absolute Gasteiger partial charge is 0.0718 e. The third kappa shape index (κ3) is 1.28. The Kier molecular flexibility index (Phi) is 2.10. The Hall–Kier alpha value is 0.180. The first-order valence-corrected chi connectivity index (χ1v) is 5.65. The lowest BCUT2D eigenvalue weighted by molar-refractivity contribution is 1.23. The SMILES string of the molecule is C1=CCC(C2SCCS2)=C1. The molecule has 0 aromatic carbocycles. The van der Waals surface area contributed by atoms with Gasteiger partial charge in [0.25, 0.3) is 0 Å². The van der Waals surface area contributed by atoms with Crippen LogP contribution in [0.1, 0.15) is 6.42 Å². The van der Waals surface area contributed by atoms with E-state index in [0.717, 1.165) is 4.58 Å². The molecule has 0 aromatic rings. The highest BCUT2D eigenvalue weighted by Crippen LogP contribution is 2.39.